The number of nitrogens with two attached hydrogens (primary N) is 1. The number of rotatable bonds is 5. The molecule has 0 aliphatic heterocycles. The summed E-state index contributed by atoms with van der Waals surface area (Å²) in [4.78, 5) is 11.8. The normalized spacial score (nSPS) is 10.2. The van der Waals surface area contributed by atoms with E-state index < -0.39 is 0 Å². The van der Waals surface area contributed by atoms with Crippen LogP contribution in [-0.4, -0.2) is 26.4 Å². The number of amides is 1. The van der Waals surface area contributed by atoms with Crippen LogP contribution in [0.5, 0.6) is 0 Å². The van der Waals surface area contributed by atoms with Gasteiger partial charge in [-0.05, 0) is 11.4 Å². The first-order chi connectivity index (χ1) is 9.61. The molecular weight excluding hydrogens is 296 g/mol. The molecule has 0 saturated carbocycles. The Bertz CT molecular complexity index is 656. The van der Waals surface area contributed by atoms with Crippen molar-refractivity contribution in [3.05, 3.63) is 17.0 Å². The summed E-state index contributed by atoms with van der Waals surface area (Å²) in [7, 11) is 1.77. The molecule has 2 rings (SSSR count). The molecule has 0 spiro atoms. The molecule has 20 heavy (non-hydrogen) atoms. The van der Waals surface area contributed by atoms with Gasteiger partial charge in [0.05, 0.1) is 5.56 Å². The van der Waals surface area contributed by atoms with Gasteiger partial charge in [0.2, 0.25) is 11.9 Å². The van der Waals surface area contributed by atoms with E-state index in [0.717, 1.165) is 0 Å². The van der Waals surface area contributed by atoms with Crippen LogP contribution in [-0.2, 0) is 11.8 Å². The highest BCUT2D eigenvalue weighted by Gasteiger charge is 2.10. The van der Waals surface area contributed by atoms with Gasteiger partial charge in [0, 0.05) is 19.2 Å². The van der Waals surface area contributed by atoms with Crippen LogP contribution in [0.4, 0.5) is 10.9 Å². The molecule has 9 heteroatoms. The molecule has 0 aliphatic rings. The first-order valence-corrected chi connectivity index (χ1v) is 7.53. The van der Waals surface area contributed by atoms with Crippen LogP contribution >= 0.6 is 23.1 Å². The summed E-state index contributed by atoms with van der Waals surface area (Å²) in [5, 5.41) is 22.2. The Hall–Kier alpha value is -2.05. The summed E-state index contributed by atoms with van der Waals surface area (Å²) in [6.07, 6.45) is 0.320. The van der Waals surface area contributed by atoms with E-state index in [4.69, 9.17) is 11.0 Å². The molecule has 0 atom stereocenters. The molecule has 104 valence electrons. The monoisotopic (exact) mass is 308 g/mol. The van der Waals surface area contributed by atoms with Gasteiger partial charge in [0.1, 0.15) is 11.1 Å². The number of thioether (sulfide) groups is 1. The number of anilines is 2. The second-order valence-electron chi connectivity index (χ2n) is 3.82. The van der Waals surface area contributed by atoms with Crippen molar-refractivity contribution >= 4 is 40.0 Å². The highest BCUT2D eigenvalue weighted by Crippen LogP contribution is 2.23. The SMILES string of the molecule is Cn1c(N)nnc1SCCC(=O)Nc1sccc1C#N. The van der Waals surface area contributed by atoms with Crippen molar-refractivity contribution in [1.82, 2.24) is 14.8 Å². The van der Waals surface area contributed by atoms with E-state index in [1.807, 2.05) is 6.07 Å². The first-order valence-electron chi connectivity index (χ1n) is 5.67. The van der Waals surface area contributed by atoms with Gasteiger partial charge < -0.3 is 11.1 Å². The second-order valence-corrected chi connectivity index (χ2v) is 5.80. The molecule has 0 radical (unpaired) electrons. The van der Waals surface area contributed by atoms with Crippen molar-refractivity contribution in [3.8, 4) is 6.07 Å². The summed E-state index contributed by atoms with van der Waals surface area (Å²) in [5.74, 6) is 0.770. The van der Waals surface area contributed by atoms with Gasteiger partial charge in [-0.3, -0.25) is 9.36 Å². The van der Waals surface area contributed by atoms with Crippen molar-refractivity contribution in [2.75, 3.05) is 16.8 Å². The fourth-order valence-electron chi connectivity index (χ4n) is 1.37. The quantitative estimate of drug-likeness (QED) is 0.809. The van der Waals surface area contributed by atoms with Crippen LogP contribution < -0.4 is 11.1 Å². The predicted octanol–water partition coefficient (Wildman–Crippen LogP) is 1.45. The van der Waals surface area contributed by atoms with Crippen LogP contribution in [0.1, 0.15) is 12.0 Å². The number of nitrogen functional groups attached to an aromatic ring is 1. The third kappa shape index (κ3) is 3.28. The fourth-order valence-corrected chi connectivity index (χ4v) is 2.98. The van der Waals surface area contributed by atoms with Crippen LogP contribution in [0.2, 0.25) is 0 Å². The molecule has 0 aliphatic carbocycles. The van der Waals surface area contributed by atoms with E-state index in [9.17, 15) is 4.79 Å². The number of carbonyl (C=O) groups excluding carboxylic acids is 1. The van der Waals surface area contributed by atoms with Crippen molar-refractivity contribution in [2.45, 2.75) is 11.6 Å². The average Bonchev–Trinajstić information content (AvgIpc) is 2.99. The van der Waals surface area contributed by atoms with E-state index in [2.05, 4.69) is 15.5 Å². The van der Waals surface area contributed by atoms with Gasteiger partial charge in [-0.2, -0.15) is 5.26 Å². The first kappa shape index (κ1) is 14.4. The molecule has 0 unspecified atom stereocenters. The topological polar surface area (TPSA) is 110 Å². The minimum Gasteiger partial charge on any atom is -0.368 e. The Morgan fingerprint density at radius 1 is 1.65 bits per heavy atom. The Labute approximate surface area is 123 Å². The average molecular weight is 308 g/mol. The minimum absolute atomic E-state index is 0.133. The van der Waals surface area contributed by atoms with Gasteiger partial charge in [0.15, 0.2) is 5.16 Å². The number of hydrogen-bond acceptors (Lipinski definition) is 7. The highest BCUT2D eigenvalue weighted by molar-refractivity contribution is 7.99. The Morgan fingerprint density at radius 2 is 2.45 bits per heavy atom. The molecule has 0 fully saturated rings. The predicted molar refractivity (Wildman–Crippen MR) is 78.4 cm³/mol. The smallest absolute Gasteiger partial charge is 0.225 e. The molecule has 0 bridgehead atoms. The van der Waals surface area contributed by atoms with E-state index in [-0.39, 0.29) is 5.91 Å². The maximum Gasteiger partial charge on any atom is 0.225 e. The number of nitriles is 1. The third-order valence-electron chi connectivity index (χ3n) is 2.47. The molecule has 0 aromatic carbocycles. The Kier molecular flexibility index (Phi) is 4.60. The number of thiophene rings is 1. The number of nitrogens with zero attached hydrogens (tertiary/aromatic N) is 4. The van der Waals surface area contributed by atoms with E-state index in [1.54, 1.807) is 23.1 Å². The Morgan fingerprint density at radius 3 is 3.10 bits per heavy atom. The maximum atomic E-state index is 11.8. The van der Waals surface area contributed by atoms with Gasteiger partial charge in [-0.15, -0.1) is 21.5 Å². The zero-order valence-corrected chi connectivity index (χ0v) is 12.3. The van der Waals surface area contributed by atoms with Crippen molar-refractivity contribution in [1.29, 1.82) is 5.26 Å². The van der Waals surface area contributed by atoms with Crippen LogP contribution in [0.25, 0.3) is 0 Å². The summed E-state index contributed by atoms with van der Waals surface area (Å²) >= 11 is 2.74. The lowest BCUT2D eigenvalue weighted by Crippen LogP contribution is -2.12. The van der Waals surface area contributed by atoms with Crippen LogP contribution in [0.3, 0.4) is 0 Å². The highest BCUT2D eigenvalue weighted by atomic mass is 32.2. The molecule has 3 N–H and O–H groups in total. The largest absolute Gasteiger partial charge is 0.368 e. The van der Waals surface area contributed by atoms with Gasteiger partial charge in [-0.25, -0.2) is 0 Å². The molecular formula is C11H12N6OS2. The second kappa shape index (κ2) is 6.40. The number of carbonyl (C=O) groups is 1. The Balaban J connectivity index is 1.81. The minimum atomic E-state index is -0.133. The van der Waals surface area contributed by atoms with E-state index in [0.29, 0.717) is 33.8 Å². The lowest BCUT2D eigenvalue weighted by atomic mass is 10.3. The number of hydrogen-bond donors (Lipinski definition) is 2. The lowest BCUT2D eigenvalue weighted by Gasteiger charge is -2.03. The molecule has 0 saturated heterocycles. The summed E-state index contributed by atoms with van der Waals surface area (Å²) in [6.45, 7) is 0. The maximum absolute atomic E-state index is 11.8. The number of aromatic nitrogens is 3. The van der Waals surface area contributed by atoms with E-state index >= 15 is 0 Å². The zero-order chi connectivity index (χ0) is 14.5. The summed E-state index contributed by atoms with van der Waals surface area (Å²) in [6, 6.07) is 3.71. The molecule has 2 heterocycles. The van der Waals surface area contributed by atoms with Gasteiger partial charge >= 0.3 is 0 Å². The van der Waals surface area contributed by atoms with Crippen molar-refractivity contribution < 1.29 is 4.79 Å². The summed E-state index contributed by atoms with van der Waals surface area (Å²) in [5.41, 5.74) is 6.05. The van der Waals surface area contributed by atoms with Gasteiger partial charge in [-0.1, -0.05) is 11.8 Å². The van der Waals surface area contributed by atoms with Crippen LogP contribution in [0.15, 0.2) is 16.6 Å². The van der Waals surface area contributed by atoms with Crippen molar-refractivity contribution in [2.24, 2.45) is 7.05 Å². The fraction of sp³-hybridized carbons (Fsp3) is 0.273. The summed E-state index contributed by atoms with van der Waals surface area (Å²) < 4.78 is 1.66. The molecule has 1 amide bonds. The van der Waals surface area contributed by atoms with Crippen molar-refractivity contribution in [3.63, 3.8) is 0 Å². The van der Waals surface area contributed by atoms with E-state index in [1.165, 1.54) is 23.1 Å². The molecule has 7 nitrogen and oxygen atoms in total. The lowest BCUT2D eigenvalue weighted by molar-refractivity contribution is -0.115. The zero-order valence-electron chi connectivity index (χ0n) is 10.7. The van der Waals surface area contributed by atoms with Gasteiger partial charge in [0.25, 0.3) is 0 Å². The molecule has 2 aromatic rings. The standard InChI is InChI=1S/C11H12N6OS2/c1-17-10(13)15-16-11(17)20-5-3-8(18)14-9-7(6-12)2-4-19-9/h2,4H,3,5H2,1H3,(H2,13,15)(H,14,18). The molecule has 2 aromatic heterocycles. The van der Waals surface area contributed by atoms with Crippen LogP contribution in [0, 0.1) is 11.3 Å². The number of nitrogens with one attached hydrogen (secondary N) is 1. The third-order valence-corrected chi connectivity index (χ3v) is 4.32.